The molecule has 1 aromatic carbocycles. The van der Waals surface area contributed by atoms with E-state index in [4.69, 9.17) is 11.6 Å². The molecule has 0 aliphatic heterocycles. The van der Waals surface area contributed by atoms with Gasteiger partial charge in [0.15, 0.2) is 0 Å². The summed E-state index contributed by atoms with van der Waals surface area (Å²) in [6, 6.07) is 13.3. The highest BCUT2D eigenvalue weighted by Gasteiger charge is 2.21. The molecule has 3 aromatic rings. The quantitative estimate of drug-likeness (QED) is 0.657. The molecule has 0 radical (unpaired) electrons. The first-order valence-corrected chi connectivity index (χ1v) is 8.77. The van der Waals surface area contributed by atoms with Gasteiger partial charge in [0.05, 0.1) is 15.9 Å². The summed E-state index contributed by atoms with van der Waals surface area (Å²) in [6.07, 6.45) is 0. The van der Waals surface area contributed by atoms with E-state index in [1.807, 2.05) is 13.8 Å². The highest BCUT2D eigenvalue weighted by molar-refractivity contribution is 7.90. The standard InChI is InChI=1S/C14H11ClN2O2S.C2H6/c1-10-9-12-13(7-8-14(15)16-12)17(10)20(18,19)11-5-3-2-4-6-11;1-2/h2-9H,1H3;1-2H3. The maximum Gasteiger partial charge on any atom is 0.268 e. The van der Waals surface area contributed by atoms with Gasteiger partial charge in [-0.15, -0.1) is 0 Å². The molecule has 2 heterocycles. The Hall–Kier alpha value is -1.85. The van der Waals surface area contributed by atoms with Gasteiger partial charge in [-0.1, -0.05) is 43.6 Å². The number of halogens is 1. The van der Waals surface area contributed by atoms with Crippen LogP contribution in [0.1, 0.15) is 19.5 Å². The first-order valence-electron chi connectivity index (χ1n) is 6.95. The van der Waals surface area contributed by atoms with Crippen molar-refractivity contribution in [3.05, 3.63) is 59.4 Å². The SMILES string of the molecule is CC.Cc1cc2nc(Cl)ccc2n1S(=O)(=O)c1ccccc1. The van der Waals surface area contributed by atoms with Crippen molar-refractivity contribution in [1.29, 1.82) is 0 Å². The van der Waals surface area contributed by atoms with E-state index in [9.17, 15) is 8.42 Å². The summed E-state index contributed by atoms with van der Waals surface area (Å²) >= 11 is 5.84. The summed E-state index contributed by atoms with van der Waals surface area (Å²) in [7, 11) is -3.63. The minimum absolute atomic E-state index is 0.246. The number of rotatable bonds is 2. The second-order valence-electron chi connectivity index (χ2n) is 4.41. The predicted molar refractivity (Wildman–Crippen MR) is 89.9 cm³/mol. The molecule has 22 heavy (non-hydrogen) atoms. The molecule has 0 N–H and O–H groups in total. The molecule has 4 nitrogen and oxygen atoms in total. The topological polar surface area (TPSA) is 52.0 Å². The Morgan fingerprint density at radius 1 is 1.05 bits per heavy atom. The normalized spacial score (nSPS) is 11.1. The van der Waals surface area contributed by atoms with Crippen LogP contribution in [0.3, 0.4) is 0 Å². The maximum atomic E-state index is 12.7. The molecule has 116 valence electrons. The van der Waals surface area contributed by atoms with Gasteiger partial charge in [-0.2, -0.15) is 0 Å². The zero-order valence-corrected chi connectivity index (χ0v) is 14.2. The van der Waals surface area contributed by atoms with E-state index in [1.165, 1.54) is 3.97 Å². The number of benzene rings is 1. The van der Waals surface area contributed by atoms with Gasteiger partial charge >= 0.3 is 0 Å². The molecule has 0 bridgehead atoms. The Morgan fingerprint density at radius 3 is 2.32 bits per heavy atom. The highest BCUT2D eigenvalue weighted by Crippen LogP contribution is 2.25. The molecular weight excluding hydrogens is 320 g/mol. The van der Waals surface area contributed by atoms with Crippen molar-refractivity contribution in [3.8, 4) is 0 Å². The van der Waals surface area contributed by atoms with E-state index >= 15 is 0 Å². The van der Waals surface area contributed by atoms with Gasteiger partial charge in [-0.25, -0.2) is 17.4 Å². The molecule has 0 aliphatic rings. The number of pyridine rings is 1. The van der Waals surface area contributed by atoms with Crippen LogP contribution in [-0.4, -0.2) is 17.4 Å². The van der Waals surface area contributed by atoms with E-state index in [2.05, 4.69) is 4.98 Å². The largest absolute Gasteiger partial charge is 0.268 e. The lowest BCUT2D eigenvalue weighted by molar-refractivity contribution is 0.588. The van der Waals surface area contributed by atoms with E-state index in [-0.39, 0.29) is 4.90 Å². The molecule has 2 aromatic heterocycles. The number of fused-ring (bicyclic) bond motifs is 1. The second-order valence-corrected chi connectivity index (χ2v) is 6.58. The van der Waals surface area contributed by atoms with Gasteiger partial charge < -0.3 is 0 Å². The van der Waals surface area contributed by atoms with Crippen molar-refractivity contribution in [3.63, 3.8) is 0 Å². The average molecular weight is 337 g/mol. The number of aryl methyl sites for hydroxylation is 1. The van der Waals surface area contributed by atoms with Gasteiger partial charge in [0, 0.05) is 5.69 Å². The fraction of sp³-hybridized carbons (Fsp3) is 0.188. The summed E-state index contributed by atoms with van der Waals surface area (Å²) in [6.45, 7) is 5.73. The van der Waals surface area contributed by atoms with Crippen LogP contribution in [0.4, 0.5) is 0 Å². The smallest absolute Gasteiger partial charge is 0.237 e. The Kier molecular flexibility index (Phi) is 4.88. The van der Waals surface area contributed by atoms with Crippen molar-refractivity contribution >= 4 is 32.7 Å². The predicted octanol–water partition coefficient (Wildman–Crippen LogP) is 4.26. The molecule has 0 amide bonds. The lowest BCUT2D eigenvalue weighted by Gasteiger charge is -2.09. The Balaban J connectivity index is 0.000000847. The van der Waals surface area contributed by atoms with Crippen LogP contribution in [-0.2, 0) is 10.0 Å². The van der Waals surface area contributed by atoms with Gasteiger partial charge in [-0.05, 0) is 37.3 Å². The molecule has 0 spiro atoms. The minimum Gasteiger partial charge on any atom is -0.237 e. The molecule has 6 heteroatoms. The molecular formula is C16H17ClN2O2S. The van der Waals surface area contributed by atoms with Gasteiger partial charge in [0.25, 0.3) is 10.0 Å². The first kappa shape index (κ1) is 16.5. The van der Waals surface area contributed by atoms with Crippen LogP contribution in [0.15, 0.2) is 53.4 Å². The third-order valence-corrected chi connectivity index (χ3v) is 5.08. The maximum absolute atomic E-state index is 12.7. The number of hydrogen-bond acceptors (Lipinski definition) is 3. The highest BCUT2D eigenvalue weighted by atomic mass is 35.5. The monoisotopic (exact) mass is 336 g/mol. The summed E-state index contributed by atoms with van der Waals surface area (Å²) in [4.78, 5) is 4.39. The number of hydrogen-bond donors (Lipinski definition) is 0. The molecule has 0 atom stereocenters. The van der Waals surface area contributed by atoms with Gasteiger partial charge in [-0.3, -0.25) is 0 Å². The third-order valence-electron chi connectivity index (χ3n) is 3.03. The molecule has 0 fully saturated rings. The lowest BCUT2D eigenvalue weighted by atomic mass is 10.4. The zero-order valence-electron chi connectivity index (χ0n) is 12.6. The molecule has 0 unspecified atom stereocenters. The van der Waals surface area contributed by atoms with Crippen molar-refractivity contribution in [1.82, 2.24) is 8.96 Å². The lowest BCUT2D eigenvalue weighted by Crippen LogP contribution is -2.14. The van der Waals surface area contributed by atoms with E-state index in [0.717, 1.165) is 0 Å². The van der Waals surface area contributed by atoms with Gasteiger partial charge in [0.2, 0.25) is 0 Å². The number of nitrogens with zero attached hydrogens (tertiary/aromatic N) is 2. The average Bonchev–Trinajstić information content (AvgIpc) is 2.85. The minimum atomic E-state index is -3.63. The zero-order chi connectivity index (χ0) is 16.3. The van der Waals surface area contributed by atoms with Crippen LogP contribution in [0.25, 0.3) is 11.0 Å². The molecule has 3 rings (SSSR count). The summed E-state index contributed by atoms with van der Waals surface area (Å²) < 4.78 is 26.7. The summed E-state index contributed by atoms with van der Waals surface area (Å²) in [5.74, 6) is 0. The van der Waals surface area contributed by atoms with Crippen molar-refractivity contribution in [2.45, 2.75) is 25.7 Å². The Morgan fingerprint density at radius 2 is 1.68 bits per heavy atom. The van der Waals surface area contributed by atoms with E-state index in [0.29, 0.717) is 21.9 Å². The van der Waals surface area contributed by atoms with Crippen LogP contribution in [0.2, 0.25) is 5.15 Å². The van der Waals surface area contributed by atoms with Gasteiger partial charge in [0.1, 0.15) is 5.15 Å². The van der Waals surface area contributed by atoms with E-state index < -0.39 is 10.0 Å². The molecule has 0 aliphatic carbocycles. The van der Waals surface area contributed by atoms with Crippen molar-refractivity contribution in [2.75, 3.05) is 0 Å². The van der Waals surface area contributed by atoms with Crippen LogP contribution >= 0.6 is 11.6 Å². The first-order chi connectivity index (χ1) is 10.5. The second kappa shape index (κ2) is 6.50. The Labute approximate surface area is 135 Å². The van der Waals surface area contributed by atoms with Crippen molar-refractivity contribution in [2.24, 2.45) is 0 Å². The summed E-state index contributed by atoms with van der Waals surface area (Å²) in [5, 5.41) is 0.340. The Bertz CT molecular complexity index is 887. The molecule has 0 saturated heterocycles. The van der Waals surface area contributed by atoms with Crippen LogP contribution in [0, 0.1) is 6.92 Å². The fourth-order valence-electron chi connectivity index (χ4n) is 2.18. The van der Waals surface area contributed by atoms with Crippen molar-refractivity contribution < 1.29 is 8.42 Å². The third kappa shape index (κ3) is 2.87. The van der Waals surface area contributed by atoms with Crippen LogP contribution < -0.4 is 0 Å². The van der Waals surface area contributed by atoms with Crippen LogP contribution in [0.5, 0.6) is 0 Å². The fourth-order valence-corrected chi connectivity index (χ4v) is 3.90. The summed E-state index contributed by atoms with van der Waals surface area (Å²) in [5.41, 5.74) is 1.68. The number of aromatic nitrogens is 2. The van der Waals surface area contributed by atoms with E-state index in [1.54, 1.807) is 55.5 Å². The molecule has 0 saturated carbocycles.